The van der Waals surface area contributed by atoms with E-state index in [9.17, 15) is 46.2 Å². The molecule has 0 aromatic rings. The van der Waals surface area contributed by atoms with Gasteiger partial charge in [-0.1, -0.05) is 27.7 Å². The second kappa shape index (κ2) is 9.88. The highest BCUT2D eigenvalue weighted by Gasteiger charge is 2.65. The molecule has 7 atom stereocenters. The number of primary amides is 1. The number of nitrogens with one attached hydrogen (secondary N) is 3. The third-order valence-corrected chi connectivity index (χ3v) is 7.84. The van der Waals surface area contributed by atoms with Crippen LogP contribution in [0.3, 0.4) is 0 Å². The first-order chi connectivity index (χ1) is 17.2. The van der Waals surface area contributed by atoms with Crippen molar-refractivity contribution in [1.29, 1.82) is 0 Å². The Morgan fingerprint density at radius 2 is 1.76 bits per heavy atom. The van der Waals surface area contributed by atoms with Gasteiger partial charge in [0.1, 0.15) is 24.4 Å². The lowest BCUT2D eigenvalue weighted by molar-refractivity contribution is -0.177. The van der Waals surface area contributed by atoms with Crippen LogP contribution in [0.15, 0.2) is 0 Å². The molecule has 15 heteroatoms. The number of nitrogens with two attached hydrogens (primary N) is 1. The Labute approximate surface area is 216 Å². The number of hydrogen-bond acceptors (Lipinski definition) is 6. The predicted octanol–water partition coefficient (Wildman–Crippen LogP) is 0.383. The third-order valence-electron chi connectivity index (χ3n) is 7.84. The Balaban J connectivity index is 1.90. The van der Waals surface area contributed by atoms with Crippen molar-refractivity contribution in [2.24, 2.45) is 22.5 Å². The number of aliphatic hydroxyl groups is 1. The van der Waals surface area contributed by atoms with Gasteiger partial charge in [0.05, 0.1) is 5.92 Å². The number of piperidine rings is 1. The van der Waals surface area contributed by atoms with Crippen LogP contribution in [-0.4, -0.2) is 82.7 Å². The molecule has 1 saturated carbocycles. The van der Waals surface area contributed by atoms with E-state index in [1.807, 2.05) is 0 Å². The Morgan fingerprint density at radius 1 is 1.16 bits per heavy atom. The van der Waals surface area contributed by atoms with Crippen LogP contribution in [0.5, 0.6) is 0 Å². The van der Waals surface area contributed by atoms with Crippen molar-refractivity contribution in [2.75, 3.05) is 6.54 Å². The van der Waals surface area contributed by atoms with Gasteiger partial charge in [0, 0.05) is 17.9 Å². The Kier molecular flexibility index (Phi) is 7.80. The number of carbonyl (C=O) groups is 4. The van der Waals surface area contributed by atoms with Crippen LogP contribution in [-0.2, 0) is 19.2 Å². The fourth-order valence-corrected chi connectivity index (χ4v) is 5.68. The van der Waals surface area contributed by atoms with Gasteiger partial charge in [-0.25, -0.2) is 8.78 Å². The molecular formula is C23H34F5N5O5. The molecule has 216 valence electrons. The number of hydrogen-bond donors (Lipinski definition) is 5. The Morgan fingerprint density at radius 3 is 2.24 bits per heavy atom. The first-order valence-electron chi connectivity index (χ1n) is 12.3. The zero-order valence-electron chi connectivity index (χ0n) is 21.5. The SMILES string of the molecule is CC(C)(C)[C@H](NC(=O)C(F)(F)F)C(=O)N1[C@H]2C[C@@H]([C@H]1C(=O)N[C@@H](C[C@]1(C)CCNC1O)C(N)=O)C(F)(F)C2. The second-order valence-corrected chi connectivity index (χ2v) is 11.9. The molecular weight excluding hydrogens is 521 g/mol. The molecule has 4 amide bonds. The highest BCUT2D eigenvalue weighted by molar-refractivity contribution is 5.96. The smallest absolute Gasteiger partial charge is 0.378 e. The highest BCUT2D eigenvalue weighted by atomic mass is 19.4. The third kappa shape index (κ3) is 5.72. The van der Waals surface area contributed by atoms with E-state index >= 15 is 0 Å². The van der Waals surface area contributed by atoms with Crippen molar-refractivity contribution in [3.63, 3.8) is 0 Å². The monoisotopic (exact) mass is 555 g/mol. The van der Waals surface area contributed by atoms with E-state index in [1.54, 1.807) is 12.2 Å². The van der Waals surface area contributed by atoms with E-state index in [4.69, 9.17) is 5.73 Å². The Hall–Kier alpha value is -2.55. The fourth-order valence-electron chi connectivity index (χ4n) is 5.68. The van der Waals surface area contributed by atoms with Crippen molar-refractivity contribution in [3.05, 3.63) is 0 Å². The van der Waals surface area contributed by atoms with E-state index in [2.05, 4.69) is 10.6 Å². The van der Waals surface area contributed by atoms with Crippen LogP contribution in [0, 0.1) is 16.7 Å². The summed E-state index contributed by atoms with van der Waals surface area (Å²) in [5.41, 5.74) is 3.30. The largest absolute Gasteiger partial charge is 0.471 e. The van der Waals surface area contributed by atoms with E-state index < -0.39 is 89.3 Å². The molecule has 3 rings (SSSR count). The minimum absolute atomic E-state index is 0.125. The number of halogens is 5. The summed E-state index contributed by atoms with van der Waals surface area (Å²) < 4.78 is 68.4. The van der Waals surface area contributed by atoms with Crippen molar-refractivity contribution in [1.82, 2.24) is 20.9 Å². The molecule has 2 heterocycles. The van der Waals surface area contributed by atoms with Crippen LogP contribution in [0.1, 0.15) is 53.4 Å². The topological polar surface area (TPSA) is 154 Å². The summed E-state index contributed by atoms with van der Waals surface area (Å²) in [5, 5.41) is 17.0. The maximum atomic E-state index is 14.8. The molecule has 0 aromatic carbocycles. The summed E-state index contributed by atoms with van der Waals surface area (Å²) in [7, 11) is 0. The van der Waals surface area contributed by atoms with Gasteiger partial charge in [-0.05, 0) is 31.2 Å². The maximum absolute atomic E-state index is 14.8. The van der Waals surface area contributed by atoms with Gasteiger partial charge in [0.2, 0.25) is 17.7 Å². The average molecular weight is 556 g/mol. The summed E-state index contributed by atoms with van der Waals surface area (Å²) in [5.74, 6) is -10.6. The lowest BCUT2D eigenvalue weighted by Crippen LogP contribution is -2.65. The van der Waals surface area contributed by atoms with Crippen molar-refractivity contribution in [2.45, 2.75) is 95.9 Å². The minimum atomic E-state index is -5.30. The molecule has 38 heavy (non-hydrogen) atoms. The minimum Gasteiger partial charge on any atom is -0.378 e. The van der Waals surface area contributed by atoms with Crippen LogP contribution >= 0.6 is 0 Å². The molecule has 3 aliphatic rings. The van der Waals surface area contributed by atoms with E-state index in [-0.39, 0.29) is 12.8 Å². The number of nitrogens with zero attached hydrogens (tertiary/aromatic N) is 1. The number of rotatable bonds is 7. The molecule has 2 aliphatic heterocycles. The van der Waals surface area contributed by atoms with Crippen molar-refractivity contribution >= 4 is 23.6 Å². The van der Waals surface area contributed by atoms with Gasteiger partial charge in [-0.2, -0.15) is 13.2 Å². The van der Waals surface area contributed by atoms with Gasteiger partial charge in [0.15, 0.2) is 0 Å². The molecule has 2 saturated heterocycles. The quantitative estimate of drug-likeness (QED) is 0.286. The molecule has 1 unspecified atom stereocenters. The van der Waals surface area contributed by atoms with E-state index in [0.717, 1.165) is 4.90 Å². The van der Waals surface area contributed by atoms with Crippen LogP contribution in [0.2, 0.25) is 0 Å². The zero-order valence-corrected chi connectivity index (χ0v) is 21.5. The maximum Gasteiger partial charge on any atom is 0.471 e. The van der Waals surface area contributed by atoms with Crippen molar-refractivity contribution < 1.29 is 46.2 Å². The molecule has 3 fully saturated rings. The van der Waals surface area contributed by atoms with Gasteiger partial charge < -0.3 is 26.4 Å². The van der Waals surface area contributed by atoms with E-state index in [1.165, 1.54) is 20.8 Å². The first-order valence-corrected chi connectivity index (χ1v) is 12.3. The normalized spacial score (nSPS) is 32.1. The van der Waals surface area contributed by atoms with Gasteiger partial charge in [0.25, 0.3) is 5.92 Å². The lowest BCUT2D eigenvalue weighted by atomic mass is 9.81. The van der Waals surface area contributed by atoms with Crippen LogP contribution < -0.4 is 21.7 Å². The number of amides is 4. The molecule has 0 aromatic heterocycles. The first kappa shape index (κ1) is 30.0. The molecule has 10 nitrogen and oxygen atoms in total. The van der Waals surface area contributed by atoms with Gasteiger partial charge in [-0.15, -0.1) is 0 Å². The number of likely N-dealkylation sites (tertiary alicyclic amines) is 1. The van der Waals surface area contributed by atoms with Crippen molar-refractivity contribution in [3.8, 4) is 0 Å². The highest BCUT2D eigenvalue weighted by Crippen LogP contribution is 2.52. The van der Waals surface area contributed by atoms with Crippen LogP contribution in [0.4, 0.5) is 22.0 Å². The summed E-state index contributed by atoms with van der Waals surface area (Å²) in [6.07, 6.45) is -7.11. The summed E-state index contributed by atoms with van der Waals surface area (Å²) >= 11 is 0. The predicted molar refractivity (Wildman–Crippen MR) is 122 cm³/mol. The lowest BCUT2D eigenvalue weighted by Gasteiger charge is -2.42. The second-order valence-electron chi connectivity index (χ2n) is 11.9. The van der Waals surface area contributed by atoms with Gasteiger partial charge in [-0.3, -0.25) is 24.5 Å². The molecule has 0 spiro atoms. The molecule has 0 radical (unpaired) electrons. The summed E-state index contributed by atoms with van der Waals surface area (Å²) in [4.78, 5) is 51.6. The number of alkyl halides is 5. The number of aliphatic hydroxyl groups excluding tert-OH is 1. The summed E-state index contributed by atoms with van der Waals surface area (Å²) in [6, 6.07) is -6.15. The average Bonchev–Trinajstić information content (AvgIpc) is 3.38. The molecule has 2 bridgehead atoms. The summed E-state index contributed by atoms with van der Waals surface area (Å²) in [6.45, 7) is 6.23. The number of fused-ring (bicyclic) bond motifs is 2. The zero-order chi connectivity index (χ0) is 29.0. The Bertz CT molecular complexity index is 987. The fraction of sp³-hybridized carbons (Fsp3) is 0.826. The molecule has 1 aliphatic carbocycles. The van der Waals surface area contributed by atoms with Crippen LogP contribution in [0.25, 0.3) is 0 Å². The number of carbonyl (C=O) groups excluding carboxylic acids is 4. The van der Waals surface area contributed by atoms with E-state index in [0.29, 0.717) is 13.0 Å². The molecule has 6 N–H and O–H groups in total. The van der Waals surface area contributed by atoms with Gasteiger partial charge >= 0.3 is 12.1 Å². The standard InChI is InChI=1S/C23H34F5N5O5/c1-20(2,3)14(32-19(38)23(26,27)28)17(36)33-10-7-11(22(24,25)8-10)13(33)16(35)31-12(15(29)34)9-21(4)5-6-30-18(21)37/h10-14,18,30,37H,5-9H2,1-4H3,(H2,29,34)(H,31,35)(H,32,38)/t10-,11-,12-,13-,14+,18?,21-/m0/s1.